The van der Waals surface area contributed by atoms with Crippen molar-refractivity contribution in [2.45, 2.75) is 48.7 Å². The Morgan fingerprint density at radius 3 is 3.09 bits per heavy atom. The van der Waals surface area contributed by atoms with Gasteiger partial charge in [0.2, 0.25) is 0 Å². The molecule has 1 saturated carbocycles. The number of fused-ring (bicyclic) bond motifs is 1. The van der Waals surface area contributed by atoms with Gasteiger partial charge in [0.05, 0.1) is 13.2 Å². The molecule has 4 rings (SSSR count). The van der Waals surface area contributed by atoms with E-state index in [-0.39, 0.29) is 11.9 Å². The Labute approximate surface area is 141 Å². The van der Waals surface area contributed by atoms with Crippen LogP contribution in [-0.4, -0.2) is 37.6 Å². The Balaban J connectivity index is 1.49. The van der Waals surface area contributed by atoms with Crippen LogP contribution in [0.4, 0.5) is 4.39 Å². The number of hydrogen-bond donors (Lipinski definition) is 2. The van der Waals surface area contributed by atoms with Crippen LogP contribution in [0.1, 0.15) is 37.3 Å². The number of halogens is 1. The maximum Gasteiger partial charge on any atom is 0.137 e. The Morgan fingerprint density at radius 1 is 1.26 bits per heavy atom. The highest BCUT2D eigenvalue weighted by atomic mass is 32.2. The summed E-state index contributed by atoms with van der Waals surface area (Å²) in [6, 6.07) is 6.78. The summed E-state index contributed by atoms with van der Waals surface area (Å²) >= 11 is 1.66. The molecule has 2 heterocycles. The van der Waals surface area contributed by atoms with E-state index in [1.54, 1.807) is 17.8 Å². The largest absolute Gasteiger partial charge is 0.379 e. The summed E-state index contributed by atoms with van der Waals surface area (Å²) in [6.07, 6.45) is 4.84. The molecule has 0 spiro atoms. The predicted octanol–water partition coefficient (Wildman–Crippen LogP) is 3.11. The van der Waals surface area contributed by atoms with Gasteiger partial charge in [-0.15, -0.1) is 11.8 Å². The molecule has 0 aromatic heterocycles. The highest BCUT2D eigenvalue weighted by Gasteiger charge is 2.36. The molecule has 2 N–H and O–H groups in total. The van der Waals surface area contributed by atoms with Crippen LogP contribution >= 0.6 is 11.8 Å². The molecule has 2 aliphatic heterocycles. The van der Waals surface area contributed by atoms with E-state index in [4.69, 9.17) is 4.74 Å². The first-order valence-corrected chi connectivity index (χ1v) is 9.80. The minimum Gasteiger partial charge on any atom is -0.379 e. The molecule has 0 amide bonds. The second-order valence-electron chi connectivity index (χ2n) is 6.85. The summed E-state index contributed by atoms with van der Waals surface area (Å²) in [5, 5.41) is 7.50. The third kappa shape index (κ3) is 3.29. The van der Waals surface area contributed by atoms with Gasteiger partial charge in [-0.25, -0.2) is 4.39 Å². The lowest BCUT2D eigenvalue weighted by Gasteiger charge is -2.36. The second-order valence-corrected chi connectivity index (χ2v) is 7.96. The molecule has 1 aliphatic carbocycles. The van der Waals surface area contributed by atoms with Crippen LogP contribution in [0.3, 0.4) is 0 Å². The summed E-state index contributed by atoms with van der Waals surface area (Å²) in [4.78, 5) is 0.852. The number of ether oxygens (including phenoxy) is 1. The molecule has 2 fully saturated rings. The molecule has 3 aliphatic rings. The zero-order chi connectivity index (χ0) is 15.6. The van der Waals surface area contributed by atoms with Gasteiger partial charge in [-0.3, -0.25) is 0 Å². The van der Waals surface area contributed by atoms with Gasteiger partial charge >= 0.3 is 0 Å². The van der Waals surface area contributed by atoms with Crippen LogP contribution in [0.15, 0.2) is 23.1 Å². The fraction of sp³-hybridized carbons (Fsp3) is 0.667. The molecule has 1 saturated heterocycles. The van der Waals surface area contributed by atoms with Crippen molar-refractivity contribution in [2.24, 2.45) is 5.92 Å². The summed E-state index contributed by atoms with van der Waals surface area (Å²) in [5.74, 6) is 1.56. The van der Waals surface area contributed by atoms with E-state index in [9.17, 15) is 4.39 Å². The van der Waals surface area contributed by atoms with Gasteiger partial charge in [0, 0.05) is 29.6 Å². The number of rotatable bonds is 3. The number of thioether (sulfide) groups is 1. The van der Waals surface area contributed by atoms with Crippen LogP contribution < -0.4 is 10.6 Å². The third-order valence-electron chi connectivity index (χ3n) is 5.48. The van der Waals surface area contributed by atoms with Gasteiger partial charge < -0.3 is 15.4 Å². The van der Waals surface area contributed by atoms with Crippen LogP contribution in [0.2, 0.25) is 0 Å². The molecule has 3 nitrogen and oxygen atoms in total. The van der Waals surface area contributed by atoms with Gasteiger partial charge in [-0.05, 0) is 42.6 Å². The van der Waals surface area contributed by atoms with Crippen molar-refractivity contribution in [3.63, 3.8) is 0 Å². The number of morpholine rings is 1. The monoisotopic (exact) mass is 336 g/mol. The third-order valence-corrected chi connectivity index (χ3v) is 6.64. The van der Waals surface area contributed by atoms with Crippen molar-refractivity contribution in [3.05, 3.63) is 29.6 Å². The SMILES string of the molecule is Fc1cccc2c1SCCC2NC1CCCC1C1COCCN1. The molecular weight excluding hydrogens is 311 g/mol. The van der Waals surface area contributed by atoms with Gasteiger partial charge in [0.15, 0.2) is 0 Å². The highest BCUT2D eigenvalue weighted by Crippen LogP contribution is 2.39. The Hall–Kier alpha value is -0.620. The number of hydrogen-bond acceptors (Lipinski definition) is 4. The fourth-order valence-corrected chi connectivity index (χ4v) is 5.50. The Bertz CT molecular complexity index is 550. The van der Waals surface area contributed by atoms with Crippen molar-refractivity contribution in [2.75, 3.05) is 25.5 Å². The van der Waals surface area contributed by atoms with Crippen LogP contribution in [-0.2, 0) is 4.74 Å². The number of benzene rings is 1. The second kappa shape index (κ2) is 7.09. The van der Waals surface area contributed by atoms with Crippen molar-refractivity contribution in [1.29, 1.82) is 0 Å². The predicted molar refractivity (Wildman–Crippen MR) is 91.4 cm³/mol. The van der Waals surface area contributed by atoms with E-state index < -0.39 is 0 Å². The summed E-state index contributed by atoms with van der Waals surface area (Å²) in [7, 11) is 0. The highest BCUT2D eigenvalue weighted by molar-refractivity contribution is 7.99. The van der Waals surface area contributed by atoms with E-state index in [0.29, 0.717) is 18.0 Å². The van der Waals surface area contributed by atoms with Crippen molar-refractivity contribution >= 4 is 11.8 Å². The molecular formula is C18H25FN2OS. The Kier molecular flexibility index (Phi) is 4.90. The maximum absolute atomic E-state index is 14.1. The molecule has 23 heavy (non-hydrogen) atoms. The Morgan fingerprint density at radius 2 is 2.22 bits per heavy atom. The molecule has 126 valence electrons. The fourth-order valence-electron chi connectivity index (χ4n) is 4.36. The average Bonchev–Trinajstić information content (AvgIpc) is 3.05. The van der Waals surface area contributed by atoms with E-state index >= 15 is 0 Å². The van der Waals surface area contributed by atoms with Crippen LogP contribution in [0.5, 0.6) is 0 Å². The summed E-state index contributed by atoms with van der Waals surface area (Å²) < 4.78 is 19.7. The topological polar surface area (TPSA) is 33.3 Å². The van der Waals surface area contributed by atoms with E-state index in [2.05, 4.69) is 16.7 Å². The zero-order valence-corrected chi connectivity index (χ0v) is 14.2. The van der Waals surface area contributed by atoms with Crippen LogP contribution in [0.25, 0.3) is 0 Å². The van der Waals surface area contributed by atoms with E-state index in [0.717, 1.165) is 42.4 Å². The quantitative estimate of drug-likeness (QED) is 0.889. The minimum atomic E-state index is -0.0654. The molecule has 0 radical (unpaired) electrons. The average molecular weight is 336 g/mol. The smallest absolute Gasteiger partial charge is 0.137 e. The lowest BCUT2D eigenvalue weighted by Crippen LogP contribution is -2.51. The molecule has 1 aromatic rings. The van der Waals surface area contributed by atoms with Gasteiger partial charge in [-0.1, -0.05) is 18.6 Å². The van der Waals surface area contributed by atoms with E-state index in [1.807, 2.05) is 6.07 Å². The van der Waals surface area contributed by atoms with Gasteiger partial charge in [0.25, 0.3) is 0 Å². The first-order valence-electron chi connectivity index (χ1n) is 8.81. The van der Waals surface area contributed by atoms with Crippen molar-refractivity contribution in [1.82, 2.24) is 10.6 Å². The lowest BCUT2D eigenvalue weighted by molar-refractivity contribution is 0.0516. The van der Waals surface area contributed by atoms with Crippen LogP contribution in [0, 0.1) is 11.7 Å². The van der Waals surface area contributed by atoms with Crippen molar-refractivity contribution < 1.29 is 9.13 Å². The first-order chi connectivity index (χ1) is 11.3. The normalized spacial score (nSPS) is 34.3. The molecule has 4 unspecified atom stereocenters. The lowest BCUT2D eigenvalue weighted by atomic mass is 9.92. The maximum atomic E-state index is 14.1. The van der Waals surface area contributed by atoms with Crippen molar-refractivity contribution in [3.8, 4) is 0 Å². The molecule has 5 heteroatoms. The molecule has 1 aromatic carbocycles. The van der Waals surface area contributed by atoms with E-state index in [1.165, 1.54) is 19.3 Å². The van der Waals surface area contributed by atoms with Gasteiger partial charge in [0.1, 0.15) is 5.82 Å². The zero-order valence-electron chi connectivity index (χ0n) is 13.4. The minimum absolute atomic E-state index is 0.0654. The summed E-state index contributed by atoms with van der Waals surface area (Å²) in [6.45, 7) is 2.62. The van der Waals surface area contributed by atoms with Gasteiger partial charge in [-0.2, -0.15) is 0 Å². The number of nitrogens with one attached hydrogen (secondary N) is 2. The summed E-state index contributed by atoms with van der Waals surface area (Å²) in [5.41, 5.74) is 1.15. The molecule has 0 bridgehead atoms. The standard InChI is InChI=1S/C18H25FN2OS/c19-14-5-1-4-13-16(7-10-23-18(13)14)21-15-6-2-3-12(15)17-11-22-9-8-20-17/h1,4-5,12,15-17,20-21H,2-3,6-11H2. The first kappa shape index (κ1) is 15.9. The molecule has 4 atom stereocenters.